The van der Waals surface area contributed by atoms with E-state index in [-0.39, 0.29) is 6.61 Å². The van der Waals surface area contributed by atoms with Crippen LogP contribution in [0.15, 0.2) is 18.5 Å². The molecule has 2 aromatic rings. The van der Waals surface area contributed by atoms with Gasteiger partial charge in [-0.15, -0.1) is 0 Å². The Morgan fingerprint density at radius 2 is 2.07 bits per heavy atom. The summed E-state index contributed by atoms with van der Waals surface area (Å²) in [6.45, 7) is 0.514. The number of aliphatic hydroxyl groups is 1. The molecular formula is C9H13N5O. The molecule has 0 aliphatic heterocycles. The molecule has 6 heteroatoms. The van der Waals surface area contributed by atoms with Gasteiger partial charge in [0.15, 0.2) is 0 Å². The van der Waals surface area contributed by atoms with Gasteiger partial charge in [-0.3, -0.25) is 0 Å². The second-order valence-electron chi connectivity index (χ2n) is 3.22. The van der Waals surface area contributed by atoms with Crippen LogP contribution >= 0.6 is 0 Å². The first-order valence-electron chi connectivity index (χ1n) is 4.59. The van der Waals surface area contributed by atoms with Crippen molar-refractivity contribution in [1.29, 1.82) is 0 Å². The van der Waals surface area contributed by atoms with Crippen LogP contribution in [-0.4, -0.2) is 27.9 Å². The fourth-order valence-electron chi connectivity index (χ4n) is 1.38. The highest BCUT2D eigenvalue weighted by Gasteiger charge is 2.04. The lowest BCUT2D eigenvalue weighted by Gasteiger charge is -2.07. The third-order valence-electron chi connectivity index (χ3n) is 2.15. The number of nitrogen functional groups attached to an aromatic ring is 2. The van der Waals surface area contributed by atoms with Crippen LogP contribution in [0.3, 0.4) is 0 Å². The highest BCUT2D eigenvalue weighted by molar-refractivity contribution is 5.86. The maximum absolute atomic E-state index is 8.69. The van der Waals surface area contributed by atoms with E-state index in [9.17, 15) is 0 Å². The molecule has 6 nitrogen and oxygen atoms in total. The zero-order valence-corrected chi connectivity index (χ0v) is 8.14. The second kappa shape index (κ2) is 3.66. The number of fused-ring (bicyclic) bond motifs is 1. The average molecular weight is 207 g/mol. The Morgan fingerprint density at radius 1 is 1.33 bits per heavy atom. The summed E-state index contributed by atoms with van der Waals surface area (Å²) in [5.41, 5.74) is 17.0. The zero-order valence-electron chi connectivity index (χ0n) is 8.14. The van der Waals surface area contributed by atoms with Crippen molar-refractivity contribution in [2.24, 2.45) is 0 Å². The van der Waals surface area contributed by atoms with Crippen molar-refractivity contribution in [3.63, 3.8) is 0 Å². The zero-order chi connectivity index (χ0) is 10.8. The minimum absolute atomic E-state index is 0.0597. The predicted molar refractivity (Wildman–Crippen MR) is 59.9 cm³/mol. The maximum Gasteiger partial charge on any atom is 0.115 e. The number of imidazole rings is 1. The first-order valence-corrected chi connectivity index (χ1v) is 4.59. The molecule has 0 atom stereocenters. The van der Waals surface area contributed by atoms with Crippen molar-refractivity contribution in [2.45, 2.75) is 0 Å². The fourth-order valence-corrected chi connectivity index (χ4v) is 1.38. The van der Waals surface area contributed by atoms with Crippen LogP contribution in [0.1, 0.15) is 0 Å². The van der Waals surface area contributed by atoms with Crippen molar-refractivity contribution >= 4 is 22.4 Å². The number of nitrogens with zero attached hydrogens (tertiary/aromatic N) is 2. The molecule has 1 aromatic carbocycles. The summed E-state index contributed by atoms with van der Waals surface area (Å²) in [6, 6.07) is 3.48. The highest BCUT2D eigenvalue weighted by atomic mass is 16.3. The first-order chi connectivity index (χ1) is 7.22. The SMILES string of the molecule is Nc1cc2ncn(NCCO)c2cc1N. The van der Waals surface area contributed by atoms with E-state index in [4.69, 9.17) is 16.6 Å². The standard InChI is InChI=1S/C9H13N5O/c10-6-3-8-9(4-7(6)11)14(5-12-8)13-1-2-15/h3-5,13,15H,1-2,10-11H2. The van der Waals surface area contributed by atoms with Crippen molar-refractivity contribution in [3.05, 3.63) is 18.5 Å². The summed E-state index contributed by atoms with van der Waals surface area (Å²) >= 11 is 0. The van der Waals surface area contributed by atoms with Gasteiger partial charge in [-0.2, -0.15) is 0 Å². The number of rotatable bonds is 3. The van der Waals surface area contributed by atoms with Crippen LogP contribution < -0.4 is 16.9 Å². The van der Waals surface area contributed by atoms with Gasteiger partial charge in [-0.1, -0.05) is 0 Å². The molecule has 0 bridgehead atoms. The minimum atomic E-state index is 0.0597. The number of nitrogens with two attached hydrogens (primary N) is 2. The summed E-state index contributed by atoms with van der Waals surface area (Å²) in [6.07, 6.45) is 1.62. The summed E-state index contributed by atoms with van der Waals surface area (Å²) in [4.78, 5) is 4.16. The average Bonchev–Trinajstić information content (AvgIpc) is 2.59. The third kappa shape index (κ3) is 1.66. The molecule has 0 amide bonds. The van der Waals surface area contributed by atoms with Crippen molar-refractivity contribution in [3.8, 4) is 0 Å². The minimum Gasteiger partial charge on any atom is -0.397 e. The van der Waals surface area contributed by atoms with Gasteiger partial charge in [0, 0.05) is 0 Å². The van der Waals surface area contributed by atoms with Gasteiger partial charge < -0.3 is 22.0 Å². The normalized spacial score (nSPS) is 10.7. The van der Waals surface area contributed by atoms with Crippen LogP contribution in [0.25, 0.3) is 11.0 Å². The van der Waals surface area contributed by atoms with E-state index in [0.29, 0.717) is 17.9 Å². The fraction of sp³-hybridized carbons (Fsp3) is 0.222. The Kier molecular flexibility index (Phi) is 2.34. The number of nitrogens with one attached hydrogen (secondary N) is 1. The van der Waals surface area contributed by atoms with E-state index in [1.165, 1.54) is 0 Å². The first kappa shape index (κ1) is 9.60. The van der Waals surface area contributed by atoms with Crippen LogP contribution in [-0.2, 0) is 0 Å². The molecule has 1 heterocycles. The van der Waals surface area contributed by atoms with E-state index in [1.807, 2.05) is 0 Å². The molecule has 0 spiro atoms. The molecule has 0 radical (unpaired) electrons. The molecule has 0 fully saturated rings. The molecule has 6 N–H and O–H groups in total. The number of benzene rings is 1. The summed E-state index contributed by atoms with van der Waals surface area (Å²) < 4.78 is 1.71. The molecule has 2 rings (SSSR count). The monoisotopic (exact) mass is 207 g/mol. The van der Waals surface area contributed by atoms with E-state index in [2.05, 4.69) is 10.4 Å². The predicted octanol–water partition coefficient (Wildman–Crippen LogP) is -0.264. The van der Waals surface area contributed by atoms with Gasteiger partial charge in [-0.05, 0) is 12.1 Å². The number of anilines is 2. The second-order valence-corrected chi connectivity index (χ2v) is 3.22. The number of hydrogen-bond acceptors (Lipinski definition) is 5. The van der Waals surface area contributed by atoms with Crippen molar-refractivity contribution in [2.75, 3.05) is 30.0 Å². The lowest BCUT2D eigenvalue weighted by atomic mass is 10.2. The highest BCUT2D eigenvalue weighted by Crippen LogP contribution is 2.21. The quantitative estimate of drug-likeness (QED) is 0.519. The molecule has 0 saturated carbocycles. The Hall–Kier alpha value is -1.95. The van der Waals surface area contributed by atoms with Crippen LogP contribution in [0.5, 0.6) is 0 Å². The molecule has 0 aliphatic rings. The van der Waals surface area contributed by atoms with Gasteiger partial charge in [-0.25, -0.2) is 9.66 Å². The van der Waals surface area contributed by atoms with Crippen LogP contribution in [0, 0.1) is 0 Å². The molecule has 80 valence electrons. The number of aromatic nitrogens is 2. The van der Waals surface area contributed by atoms with E-state index >= 15 is 0 Å². The summed E-state index contributed by atoms with van der Waals surface area (Å²) in [5.74, 6) is 0. The summed E-state index contributed by atoms with van der Waals surface area (Å²) in [7, 11) is 0. The molecule has 0 saturated heterocycles. The van der Waals surface area contributed by atoms with Crippen molar-refractivity contribution < 1.29 is 5.11 Å². The molecular weight excluding hydrogens is 194 g/mol. The number of hydrogen-bond donors (Lipinski definition) is 4. The number of aliphatic hydroxyl groups excluding tert-OH is 1. The largest absolute Gasteiger partial charge is 0.397 e. The maximum atomic E-state index is 8.69. The lowest BCUT2D eigenvalue weighted by molar-refractivity contribution is 0.307. The van der Waals surface area contributed by atoms with Crippen LogP contribution in [0.2, 0.25) is 0 Å². The third-order valence-corrected chi connectivity index (χ3v) is 2.15. The van der Waals surface area contributed by atoms with E-state index in [1.54, 1.807) is 23.1 Å². The molecule has 15 heavy (non-hydrogen) atoms. The van der Waals surface area contributed by atoms with Crippen molar-refractivity contribution in [1.82, 2.24) is 9.66 Å². The molecule has 1 aromatic heterocycles. The molecule has 0 aliphatic carbocycles. The Morgan fingerprint density at radius 3 is 2.80 bits per heavy atom. The summed E-state index contributed by atoms with van der Waals surface area (Å²) in [5, 5.41) is 8.69. The van der Waals surface area contributed by atoms with Gasteiger partial charge >= 0.3 is 0 Å². The topological polar surface area (TPSA) is 102 Å². The van der Waals surface area contributed by atoms with Gasteiger partial charge in [0.05, 0.1) is 35.6 Å². The Bertz CT molecular complexity index is 479. The molecule has 0 unspecified atom stereocenters. The van der Waals surface area contributed by atoms with E-state index in [0.717, 1.165) is 11.0 Å². The smallest absolute Gasteiger partial charge is 0.115 e. The van der Waals surface area contributed by atoms with Gasteiger partial charge in [0.2, 0.25) is 0 Å². The van der Waals surface area contributed by atoms with Crippen LogP contribution in [0.4, 0.5) is 11.4 Å². The van der Waals surface area contributed by atoms with E-state index < -0.39 is 0 Å². The van der Waals surface area contributed by atoms with Gasteiger partial charge in [0.1, 0.15) is 6.33 Å². The van der Waals surface area contributed by atoms with Gasteiger partial charge in [0.25, 0.3) is 0 Å². The lowest BCUT2D eigenvalue weighted by Crippen LogP contribution is -2.17. The Labute approximate surface area is 86.5 Å². The Balaban J connectivity index is 2.45.